The van der Waals surface area contributed by atoms with Gasteiger partial charge in [0, 0.05) is 10.9 Å². The molecule has 0 aliphatic rings. The second-order valence-electron chi connectivity index (χ2n) is 4.49. The SMILES string of the molecule is COc1ccc(OC)c(Nc2ncnc3sc(C)cc23)c1. The molecule has 1 aromatic carbocycles. The van der Waals surface area contributed by atoms with E-state index >= 15 is 0 Å². The van der Waals surface area contributed by atoms with Gasteiger partial charge in [-0.2, -0.15) is 0 Å². The Morgan fingerprint density at radius 3 is 2.71 bits per heavy atom. The van der Waals surface area contributed by atoms with Gasteiger partial charge < -0.3 is 14.8 Å². The smallest absolute Gasteiger partial charge is 0.142 e. The largest absolute Gasteiger partial charge is 0.497 e. The summed E-state index contributed by atoms with van der Waals surface area (Å²) in [5.74, 6) is 2.25. The number of ether oxygens (including phenoxy) is 2. The van der Waals surface area contributed by atoms with Crippen LogP contribution in [0.3, 0.4) is 0 Å². The van der Waals surface area contributed by atoms with Crippen molar-refractivity contribution in [3.63, 3.8) is 0 Å². The summed E-state index contributed by atoms with van der Waals surface area (Å²) in [7, 11) is 3.27. The number of benzene rings is 1. The first-order valence-corrected chi connectivity index (χ1v) is 7.23. The molecule has 0 spiro atoms. The van der Waals surface area contributed by atoms with Crippen LogP contribution in [0.5, 0.6) is 11.5 Å². The molecule has 0 atom stereocenters. The number of fused-ring (bicyclic) bond motifs is 1. The summed E-state index contributed by atoms with van der Waals surface area (Å²) in [5, 5.41) is 4.31. The Hall–Kier alpha value is -2.34. The fraction of sp³-hybridized carbons (Fsp3) is 0.200. The van der Waals surface area contributed by atoms with Crippen LogP contribution in [0.25, 0.3) is 10.2 Å². The van der Waals surface area contributed by atoms with Gasteiger partial charge in [-0.25, -0.2) is 9.97 Å². The number of hydrogen-bond donors (Lipinski definition) is 1. The standard InChI is InChI=1S/C15H15N3O2S/c1-9-6-11-14(16-8-17-15(11)21-9)18-12-7-10(19-2)4-5-13(12)20-3/h4-8H,1-3H3,(H,16,17,18). The van der Waals surface area contributed by atoms with E-state index < -0.39 is 0 Å². The van der Waals surface area contributed by atoms with E-state index in [1.807, 2.05) is 18.2 Å². The number of aromatic nitrogens is 2. The van der Waals surface area contributed by atoms with Crippen molar-refractivity contribution in [2.24, 2.45) is 0 Å². The van der Waals surface area contributed by atoms with E-state index in [1.165, 1.54) is 4.88 Å². The Bertz CT molecular complexity index is 786. The third-order valence-corrected chi connectivity index (χ3v) is 4.07. The van der Waals surface area contributed by atoms with Crippen LogP contribution in [-0.4, -0.2) is 24.2 Å². The Morgan fingerprint density at radius 2 is 1.95 bits per heavy atom. The minimum Gasteiger partial charge on any atom is -0.497 e. The van der Waals surface area contributed by atoms with E-state index in [1.54, 1.807) is 31.9 Å². The van der Waals surface area contributed by atoms with Crippen molar-refractivity contribution >= 4 is 33.1 Å². The van der Waals surface area contributed by atoms with E-state index in [2.05, 4.69) is 28.3 Å². The molecule has 0 saturated carbocycles. The maximum absolute atomic E-state index is 5.38. The van der Waals surface area contributed by atoms with Crippen molar-refractivity contribution in [1.29, 1.82) is 0 Å². The van der Waals surface area contributed by atoms with Crippen LogP contribution in [0.2, 0.25) is 0 Å². The van der Waals surface area contributed by atoms with Gasteiger partial charge in [0.25, 0.3) is 0 Å². The molecular weight excluding hydrogens is 286 g/mol. The van der Waals surface area contributed by atoms with Gasteiger partial charge in [-0.1, -0.05) is 0 Å². The third kappa shape index (κ3) is 2.62. The van der Waals surface area contributed by atoms with Gasteiger partial charge in [0.1, 0.15) is 28.5 Å². The van der Waals surface area contributed by atoms with E-state index in [4.69, 9.17) is 9.47 Å². The average Bonchev–Trinajstić information content (AvgIpc) is 2.88. The van der Waals surface area contributed by atoms with Crippen LogP contribution >= 0.6 is 11.3 Å². The van der Waals surface area contributed by atoms with Crippen molar-refractivity contribution < 1.29 is 9.47 Å². The Morgan fingerprint density at radius 1 is 1.10 bits per heavy atom. The van der Waals surface area contributed by atoms with Gasteiger partial charge in [-0.15, -0.1) is 11.3 Å². The Balaban J connectivity index is 2.05. The van der Waals surface area contributed by atoms with Gasteiger partial charge in [0.2, 0.25) is 0 Å². The van der Waals surface area contributed by atoms with Gasteiger partial charge in [-0.05, 0) is 25.1 Å². The quantitative estimate of drug-likeness (QED) is 0.795. The number of anilines is 2. The van der Waals surface area contributed by atoms with E-state index in [0.717, 1.165) is 33.2 Å². The van der Waals surface area contributed by atoms with Crippen LogP contribution in [0.4, 0.5) is 11.5 Å². The lowest BCUT2D eigenvalue weighted by Crippen LogP contribution is -1.98. The second kappa shape index (κ2) is 5.57. The minimum atomic E-state index is 0.731. The van der Waals surface area contributed by atoms with Crippen LogP contribution < -0.4 is 14.8 Å². The number of thiophene rings is 1. The van der Waals surface area contributed by atoms with Crippen LogP contribution in [0, 0.1) is 6.92 Å². The molecule has 0 amide bonds. The van der Waals surface area contributed by atoms with Crippen molar-refractivity contribution in [2.75, 3.05) is 19.5 Å². The van der Waals surface area contributed by atoms with Crippen molar-refractivity contribution in [1.82, 2.24) is 9.97 Å². The maximum atomic E-state index is 5.38. The summed E-state index contributed by atoms with van der Waals surface area (Å²) in [6, 6.07) is 7.67. The number of rotatable bonds is 4. The number of aryl methyl sites for hydroxylation is 1. The second-order valence-corrected chi connectivity index (χ2v) is 5.72. The molecule has 0 unspecified atom stereocenters. The molecule has 0 bridgehead atoms. The molecule has 0 aliphatic heterocycles. The molecule has 0 radical (unpaired) electrons. The van der Waals surface area contributed by atoms with E-state index in [0.29, 0.717) is 0 Å². The minimum absolute atomic E-state index is 0.731. The first-order valence-electron chi connectivity index (χ1n) is 6.41. The first kappa shape index (κ1) is 13.6. The lowest BCUT2D eigenvalue weighted by atomic mass is 10.2. The summed E-state index contributed by atoms with van der Waals surface area (Å²) in [4.78, 5) is 10.8. The molecule has 2 heterocycles. The topological polar surface area (TPSA) is 56.3 Å². The van der Waals surface area contributed by atoms with Gasteiger partial charge in [0.05, 0.1) is 25.3 Å². The number of nitrogens with zero attached hydrogens (tertiary/aromatic N) is 2. The van der Waals surface area contributed by atoms with Crippen LogP contribution in [-0.2, 0) is 0 Å². The summed E-state index contributed by atoms with van der Waals surface area (Å²) in [6.45, 7) is 2.06. The molecule has 6 heteroatoms. The fourth-order valence-electron chi connectivity index (χ4n) is 2.11. The zero-order valence-electron chi connectivity index (χ0n) is 12.0. The molecule has 1 N–H and O–H groups in total. The van der Waals surface area contributed by atoms with Gasteiger partial charge in [-0.3, -0.25) is 0 Å². The fourth-order valence-corrected chi connectivity index (χ4v) is 2.96. The zero-order valence-corrected chi connectivity index (χ0v) is 12.8. The molecule has 3 aromatic rings. The highest BCUT2D eigenvalue weighted by Crippen LogP contribution is 2.34. The summed E-state index contributed by atoms with van der Waals surface area (Å²) in [6.07, 6.45) is 1.56. The Kier molecular flexibility index (Phi) is 3.62. The highest BCUT2D eigenvalue weighted by Gasteiger charge is 2.10. The summed E-state index contributed by atoms with van der Waals surface area (Å²) >= 11 is 1.65. The molecule has 21 heavy (non-hydrogen) atoms. The summed E-state index contributed by atoms with van der Waals surface area (Å²) in [5.41, 5.74) is 0.806. The zero-order chi connectivity index (χ0) is 14.8. The molecular formula is C15H15N3O2S. The van der Waals surface area contributed by atoms with Gasteiger partial charge >= 0.3 is 0 Å². The van der Waals surface area contributed by atoms with Crippen molar-refractivity contribution in [3.8, 4) is 11.5 Å². The van der Waals surface area contributed by atoms with Crippen LogP contribution in [0.1, 0.15) is 4.88 Å². The number of methoxy groups -OCH3 is 2. The Labute approximate surface area is 126 Å². The molecule has 0 saturated heterocycles. The molecule has 108 valence electrons. The molecule has 5 nitrogen and oxygen atoms in total. The number of hydrogen-bond acceptors (Lipinski definition) is 6. The van der Waals surface area contributed by atoms with Crippen molar-refractivity contribution in [2.45, 2.75) is 6.92 Å². The normalized spacial score (nSPS) is 10.6. The lowest BCUT2D eigenvalue weighted by Gasteiger charge is -2.12. The third-order valence-electron chi connectivity index (χ3n) is 3.11. The number of nitrogens with one attached hydrogen (secondary N) is 1. The average molecular weight is 301 g/mol. The first-order chi connectivity index (χ1) is 10.2. The molecule has 3 rings (SSSR count). The predicted molar refractivity (Wildman–Crippen MR) is 85.0 cm³/mol. The highest BCUT2D eigenvalue weighted by molar-refractivity contribution is 7.18. The maximum Gasteiger partial charge on any atom is 0.142 e. The highest BCUT2D eigenvalue weighted by atomic mass is 32.1. The lowest BCUT2D eigenvalue weighted by molar-refractivity contribution is 0.405. The van der Waals surface area contributed by atoms with Crippen LogP contribution in [0.15, 0.2) is 30.6 Å². The molecule has 0 aliphatic carbocycles. The van der Waals surface area contributed by atoms with E-state index in [-0.39, 0.29) is 0 Å². The monoisotopic (exact) mass is 301 g/mol. The molecule has 2 aromatic heterocycles. The predicted octanol–water partition coefficient (Wildman–Crippen LogP) is 3.76. The summed E-state index contributed by atoms with van der Waals surface area (Å²) < 4.78 is 10.6. The van der Waals surface area contributed by atoms with E-state index in [9.17, 15) is 0 Å². The van der Waals surface area contributed by atoms with Crippen molar-refractivity contribution in [3.05, 3.63) is 35.5 Å². The van der Waals surface area contributed by atoms with Gasteiger partial charge in [0.15, 0.2) is 0 Å². The molecule has 0 fully saturated rings.